The first kappa shape index (κ1) is 19.8. The van der Waals surface area contributed by atoms with Crippen LogP contribution in [-0.4, -0.2) is 24.6 Å². The molecule has 1 heterocycles. The SMILES string of the molecule is COc1ccc(OCC(=O)Nc2ccc3oc(Cc4ccc(Cl)cc4)nc3c2)cc1. The molecule has 0 bridgehead atoms. The van der Waals surface area contributed by atoms with Crippen LogP contribution in [0.25, 0.3) is 11.1 Å². The van der Waals surface area contributed by atoms with Gasteiger partial charge in [0, 0.05) is 17.1 Å². The van der Waals surface area contributed by atoms with Gasteiger partial charge in [-0.05, 0) is 60.2 Å². The Morgan fingerprint density at radius 1 is 1.03 bits per heavy atom. The molecule has 7 heteroatoms. The molecule has 6 nitrogen and oxygen atoms in total. The summed E-state index contributed by atoms with van der Waals surface area (Å²) in [6.07, 6.45) is 0.559. The van der Waals surface area contributed by atoms with Crippen LogP contribution in [0, 0.1) is 0 Å². The molecule has 4 rings (SSSR count). The number of halogens is 1. The maximum Gasteiger partial charge on any atom is 0.262 e. The Balaban J connectivity index is 1.37. The number of carbonyl (C=O) groups is 1. The molecule has 0 saturated heterocycles. The van der Waals surface area contributed by atoms with E-state index in [1.54, 1.807) is 49.6 Å². The molecule has 30 heavy (non-hydrogen) atoms. The highest BCUT2D eigenvalue weighted by Crippen LogP contribution is 2.22. The number of amides is 1. The van der Waals surface area contributed by atoms with E-state index in [0.717, 1.165) is 11.3 Å². The number of rotatable bonds is 7. The number of fused-ring (bicyclic) bond motifs is 1. The van der Waals surface area contributed by atoms with E-state index in [2.05, 4.69) is 10.3 Å². The van der Waals surface area contributed by atoms with Crippen molar-refractivity contribution in [3.63, 3.8) is 0 Å². The van der Waals surface area contributed by atoms with Crippen molar-refractivity contribution in [1.29, 1.82) is 0 Å². The van der Waals surface area contributed by atoms with E-state index in [0.29, 0.717) is 39.9 Å². The summed E-state index contributed by atoms with van der Waals surface area (Å²) in [6, 6.07) is 19.9. The Hall–Kier alpha value is -3.51. The Morgan fingerprint density at radius 2 is 1.77 bits per heavy atom. The highest BCUT2D eigenvalue weighted by atomic mass is 35.5. The predicted octanol–water partition coefficient (Wildman–Crippen LogP) is 5.10. The van der Waals surface area contributed by atoms with Crippen molar-refractivity contribution in [2.24, 2.45) is 0 Å². The third-order valence-corrected chi connectivity index (χ3v) is 4.67. The molecule has 0 spiro atoms. The molecule has 3 aromatic carbocycles. The number of benzene rings is 3. The third-order valence-electron chi connectivity index (χ3n) is 4.41. The third kappa shape index (κ3) is 4.90. The van der Waals surface area contributed by atoms with Crippen molar-refractivity contribution in [3.05, 3.63) is 83.2 Å². The van der Waals surface area contributed by atoms with Crippen molar-refractivity contribution in [1.82, 2.24) is 4.98 Å². The van der Waals surface area contributed by atoms with E-state index in [4.69, 9.17) is 25.5 Å². The number of methoxy groups -OCH3 is 1. The number of nitrogens with zero attached hydrogens (tertiary/aromatic N) is 1. The Kier molecular flexibility index (Phi) is 5.86. The number of carbonyl (C=O) groups excluding carboxylic acids is 1. The summed E-state index contributed by atoms with van der Waals surface area (Å²) in [6.45, 7) is -0.106. The van der Waals surface area contributed by atoms with Crippen LogP contribution in [0.4, 0.5) is 5.69 Å². The topological polar surface area (TPSA) is 73.6 Å². The number of hydrogen-bond donors (Lipinski definition) is 1. The zero-order valence-electron chi connectivity index (χ0n) is 16.2. The van der Waals surface area contributed by atoms with Crippen molar-refractivity contribution in [2.45, 2.75) is 6.42 Å². The molecule has 4 aromatic rings. The van der Waals surface area contributed by atoms with Crippen molar-refractivity contribution in [2.75, 3.05) is 19.0 Å². The Labute approximate surface area is 178 Å². The van der Waals surface area contributed by atoms with Gasteiger partial charge in [0.05, 0.1) is 7.11 Å². The Bertz CT molecular complexity index is 1150. The van der Waals surface area contributed by atoms with Crippen LogP contribution >= 0.6 is 11.6 Å². The van der Waals surface area contributed by atoms with Gasteiger partial charge in [0.1, 0.15) is 17.0 Å². The van der Waals surface area contributed by atoms with Gasteiger partial charge in [-0.1, -0.05) is 23.7 Å². The molecule has 1 amide bonds. The number of hydrogen-bond acceptors (Lipinski definition) is 5. The Morgan fingerprint density at radius 3 is 2.50 bits per heavy atom. The monoisotopic (exact) mass is 422 g/mol. The van der Waals surface area contributed by atoms with Gasteiger partial charge in [0.25, 0.3) is 5.91 Å². The van der Waals surface area contributed by atoms with Gasteiger partial charge in [0.2, 0.25) is 0 Å². The smallest absolute Gasteiger partial charge is 0.262 e. The first-order chi connectivity index (χ1) is 14.6. The minimum Gasteiger partial charge on any atom is -0.497 e. The van der Waals surface area contributed by atoms with Gasteiger partial charge in [0.15, 0.2) is 18.1 Å². The van der Waals surface area contributed by atoms with E-state index >= 15 is 0 Å². The summed E-state index contributed by atoms with van der Waals surface area (Å²) in [5.41, 5.74) is 3.01. The van der Waals surface area contributed by atoms with Crippen molar-refractivity contribution >= 4 is 34.3 Å². The second kappa shape index (κ2) is 8.88. The summed E-state index contributed by atoms with van der Waals surface area (Å²) in [7, 11) is 1.59. The minimum absolute atomic E-state index is 0.106. The zero-order valence-corrected chi connectivity index (χ0v) is 17.0. The van der Waals surface area contributed by atoms with E-state index < -0.39 is 0 Å². The van der Waals surface area contributed by atoms with Crippen LogP contribution in [0.1, 0.15) is 11.5 Å². The fourth-order valence-electron chi connectivity index (χ4n) is 2.92. The number of oxazole rings is 1. The highest BCUT2D eigenvalue weighted by molar-refractivity contribution is 6.30. The first-order valence-electron chi connectivity index (χ1n) is 9.30. The van der Waals surface area contributed by atoms with Gasteiger partial charge in [-0.3, -0.25) is 4.79 Å². The number of aromatic nitrogens is 1. The van der Waals surface area contributed by atoms with Gasteiger partial charge < -0.3 is 19.2 Å². The summed E-state index contributed by atoms with van der Waals surface area (Å²) in [5.74, 6) is 1.64. The number of nitrogens with one attached hydrogen (secondary N) is 1. The predicted molar refractivity (Wildman–Crippen MR) is 115 cm³/mol. The van der Waals surface area contributed by atoms with Gasteiger partial charge >= 0.3 is 0 Å². The molecule has 0 radical (unpaired) electrons. The summed E-state index contributed by atoms with van der Waals surface area (Å²) < 4.78 is 16.4. The molecule has 0 aliphatic carbocycles. The number of ether oxygens (including phenoxy) is 2. The molecular weight excluding hydrogens is 404 g/mol. The maximum atomic E-state index is 12.2. The molecule has 1 N–H and O–H groups in total. The summed E-state index contributed by atoms with van der Waals surface area (Å²) in [4.78, 5) is 16.7. The first-order valence-corrected chi connectivity index (χ1v) is 9.67. The lowest BCUT2D eigenvalue weighted by atomic mass is 10.1. The maximum absolute atomic E-state index is 12.2. The molecule has 0 aliphatic heterocycles. The van der Waals surface area contributed by atoms with Gasteiger partial charge in [-0.15, -0.1) is 0 Å². The van der Waals surface area contributed by atoms with Gasteiger partial charge in [-0.25, -0.2) is 4.98 Å². The van der Waals surface area contributed by atoms with Gasteiger partial charge in [-0.2, -0.15) is 0 Å². The highest BCUT2D eigenvalue weighted by Gasteiger charge is 2.10. The van der Waals surface area contributed by atoms with Crippen molar-refractivity contribution < 1.29 is 18.7 Å². The lowest BCUT2D eigenvalue weighted by Gasteiger charge is -2.08. The molecule has 0 fully saturated rings. The molecular formula is C23H19ClN2O4. The molecule has 0 saturated carbocycles. The largest absolute Gasteiger partial charge is 0.497 e. The second-order valence-electron chi connectivity index (χ2n) is 6.61. The molecule has 1 aromatic heterocycles. The van der Waals surface area contributed by atoms with Crippen molar-refractivity contribution in [3.8, 4) is 11.5 Å². The van der Waals surface area contributed by atoms with E-state index in [-0.39, 0.29) is 12.5 Å². The fraction of sp³-hybridized carbons (Fsp3) is 0.130. The standard InChI is InChI=1S/C23H19ClN2O4/c1-28-18-7-9-19(10-8-18)29-14-22(27)25-17-6-11-21-20(13-17)26-23(30-21)12-15-2-4-16(24)5-3-15/h2-11,13H,12,14H2,1H3,(H,25,27). The molecule has 0 unspecified atom stereocenters. The van der Waals surface area contributed by atoms with E-state index in [1.807, 2.05) is 24.3 Å². The molecule has 0 aliphatic rings. The second-order valence-corrected chi connectivity index (χ2v) is 7.04. The normalized spacial score (nSPS) is 10.7. The van der Waals surface area contributed by atoms with Crippen LogP contribution < -0.4 is 14.8 Å². The fourth-order valence-corrected chi connectivity index (χ4v) is 3.05. The van der Waals surface area contributed by atoms with Crippen LogP contribution in [0.15, 0.2) is 71.1 Å². The van der Waals surface area contributed by atoms with Crippen LogP contribution in [-0.2, 0) is 11.2 Å². The quantitative estimate of drug-likeness (QED) is 0.448. The van der Waals surface area contributed by atoms with Crippen LogP contribution in [0.3, 0.4) is 0 Å². The summed E-state index contributed by atoms with van der Waals surface area (Å²) >= 11 is 5.92. The lowest BCUT2D eigenvalue weighted by Crippen LogP contribution is -2.20. The summed E-state index contributed by atoms with van der Waals surface area (Å²) in [5, 5.41) is 3.49. The van der Waals surface area contributed by atoms with E-state index in [1.165, 1.54) is 0 Å². The number of anilines is 1. The van der Waals surface area contributed by atoms with Crippen LogP contribution in [0.2, 0.25) is 5.02 Å². The molecule has 0 atom stereocenters. The minimum atomic E-state index is -0.268. The lowest BCUT2D eigenvalue weighted by molar-refractivity contribution is -0.118. The average Bonchev–Trinajstić information content (AvgIpc) is 3.16. The van der Waals surface area contributed by atoms with Crippen LogP contribution in [0.5, 0.6) is 11.5 Å². The molecule has 152 valence electrons. The average molecular weight is 423 g/mol. The zero-order chi connectivity index (χ0) is 20.9. The van der Waals surface area contributed by atoms with E-state index in [9.17, 15) is 4.79 Å².